The van der Waals surface area contributed by atoms with E-state index >= 15 is 0 Å². The van der Waals surface area contributed by atoms with Crippen molar-refractivity contribution in [1.82, 2.24) is 20.6 Å². The summed E-state index contributed by atoms with van der Waals surface area (Å²) in [6.45, 7) is 4.14. The average Bonchev–Trinajstić information content (AvgIpc) is 2.89. The number of pyridine rings is 2. The summed E-state index contributed by atoms with van der Waals surface area (Å²) in [6.07, 6.45) is 3.13. The van der Waals surface area contributed by atoms with Gasteiger partial charge in [0.25, 0.3) is 5.91 Å². The second-order valence-electron chi connectivity index (χ2n) is 8.28. The number of amides is 1. The molecule has 8 nitrogen and oxygen atoms in total. The van der Waals surface area contributed by atoms with E-state index in [2.05, 4.69) is 31.6 Å². The molecule has 0 spiro atoms. The van der Waals surface area contributed by atoms with Crippen molar-refractivity contribution in [3.63, 3.8) is 0 Å². The molecule has 2 aromatic carbocycles. The van der Waals surface area contributed by atoms with Crippen molar-refractivity contribution in [1.29, 1.82) is 0 Å². The summed E-state index contributed by atoms with van der Waals surface area (Å²) in [5.74, 6) is 1.10. The highest BCUT2D eigenvalue weighted by Gasteiger charge is 2.14. The highest BCUT2D eigenvalue weighted by Crippen LogP contribution is 2.30. The maximum atomic E-state index is 12.7. The Morgan fingerprint density at radius 2 is 1.97 bits per heavy atom. The molecule has 0 atom stereocenters. The van der Waals surface area contributed by atoms with Gasteiger partial charge in [0.1, 0.15) is 16.6 Å². The number of nitrogens with one attached hydrogen (secondary N) is 2. The molecule has 4 aromatic rings. The number of nitrogen functional groups attached to an aromatic ring is 1. The topological polar surface area (TPSA) is 105 Å². The van der Waals surface area contributed by atoms with Gasteiger partial charge in [-0.1, -0.05) is 29.8 Å². The monoisotopic (exact) mass is 488 g/mol. The van der Waals surface area contributed by atoms with Gasteiger partial charge >= 0.3 is 0 Å². The van der Waals surface area contributed by atoms with Crippen molar-refractivity contribution in [2.45, 2.75) is 6.54 Å². The molecule has 0 aliphatic carbocycles. The number of halogens is 1. The minimum atomic E-state index is -0.277. The summed E-state index contributed by atoms with van der Waals surface area (Å²) in [5, 5.41) is 8.36. The lowest BCUT2D eigenvalue weighted by molar-refractivity contribution is 0.0950. The van der Waals surface area contributed by atoms with Crippen LogP contribution in [0, 0.1) is 0 Å². The van der Waals surface area contributed by atoms with Gasteiger partial charge in [0.05, 0.1) is 5.56 Å². The smallest absolute Gasteiger partial charge is 0.253 e. The Labute approximate surface area is 208 Å². The van der Waals surface area contributed by atoms with Crippen LogP contribution in [0.1, 0.15) is 15.9 Å². The van der Waals surface area contributed by atoms with Crippen molar-refractivity contribution >= 4 is 39.8 Å². The zero-order chi connectivity index (χ0) is 24.2. The fourth-order valence-corrected chi connectivity index (χ4v) is 4.25. The van der Waals surface area contributed by atoms with Gasteiger partial charge in [-0.3, -0.25) is 4.79 Å². The number of rotatable bonds is 6. The molecule has 5 rings (SSSR count). The van der Waals surface area contributed by atoms with Crippen LogP contribution in [-0.2, 0) is 6.54 Å². The largest absolute Gasteiger partial charge is 0.437 e. The number of carbonyl (C=O) groups excluding carboxylic acids is 1. The van der Waals surface area contributed by atoms with Crippen molar-refractivity contribution in [2.24, 2.45) is 0 Å². The van der Waals surface area contributed by atoms with Crippen LogP contribution >= 0.6 is 11.6 Å². The van der Waals surface area contributed by atoms with E-state index in [1.165, 1.54) is 6.20 Å². The van der Waals surface area contributed by atoms with Crippen LogP contribution in [0.15, 0.2) is 67.0 Å². The summed E-state index contributed by atoms with van der Waals surface area (Å²) in [4.78, 5) is 23.4. The summed E-state index contributed by atoms with van der Waals surface area (Å²) >= 11 is 6.41. The molecule has 9 heteroatoms. The maximum absolute atomic E-state index is 12.7. The van der Waals surface area contributed by atoms with Gasteiger partial charge < -0.3 is 26.0 Å². The Kier molecular flexibility index (Phi) is 6.65. The molecule has 1 saturated heterocycles. The molecule has 1 aliphatic heterocycles. The SMILES string of the molecule is Nc1nccc2cc(CNC(=O)c3cnc(Oc4cccc(N5CCNCC5)c4)c(Cl)c3)ccc12. The van der Waals surface area contributed by atoms with Crippen LogP contribution in [0.5, 0.6) is 11.6 Å². The number of carbonyl (C=O) groups is 1. The first-order valence-electron chi connectivity index (χ1n) is 11.4. The van der Waals surface area contributed by atoms with Gasteiger partial charge in [-0.05, 0) is 41.3 Å². The van der Waals surface area contributed by atoms with E-state index in [1.54, 1.807) is 12.3 Å². The molecule has 1 aliphatic rings. The lowest BCUT2D eigenvalue weighted by atomic mass is 10.1. The van der Waals surface area contributed by atoms with E-state index in [4.69, 9.17) is 22.1 Å². The fraction of sp³-hybridized carbons (Fsp3) is 0.192. The number of hydrogen-bond acceptors (Lipinski definition) is 7. The van der Waals surface area contributed by atoms with Crippen LogP contribution in [0.4, 0.5) is 11.5 Å². The van der Waals surface area contributed by atoms with Gasteiger partial charge in [0, 0.05) is 62.3 Å². The van der Waals surface area contributed by atoms with Crippen LogP contribution in [0.2, 0.25) is 5.02 Å². The molecule has 1 fully saturated rings. The van der Waals surface area contributed by atoms with Crippen LogP contribution in [-0.4, -0.2) is 42.1 Å². The van der Waals surface area contributed by atoms with Crippen molar-refractivity contribution in [2.75, 3.05) is 36.8 Å². The number of nitrogens with zero attached hydrogens (tertiary/aromatic N) is 3. The molecular formula is C26H25ClN6O2. The third-order valence-electron chi connectivity index (χ3n) is 5.90. The number of hydrogen-bond donors (Lipinski definition) is 3. The number of ether oxygens (including phenoxy) is 1. The number of fused-ring (bicyclic) bond motifs is 1. The maximum Gasteiger partial charge on any atom is 0.253 e. The molecule has 0 saturated carbocycles. The molecule has 3 heterocycles. The zero-order valence-electron chi connectivity index (χ0n) is 19.0. The second-order valence-corrected chi connectivity index (χ2v) is 8.69. The Morgan fingerprint density at radius 3 is 2.80 bits per heavy atom. The molecule has 0 radical (unpaired) electrons. The third-order valence-corrected chi connectivity index (χ3v) is 6.17. The molecular weight excluding hydrogens is 464 g/mol. The van der Waals surface area contributed by atoms with E-state index in [9.17, 15) is 4.79 Å². The Morgan fingerprint density at radius 1 is 1.11 bits per heavy atom. The number of nitrogens with two attached hydrogens (primary N) is 1. The van der Waals surface area contributed by atoms with E-state index in [1.807, 2.05) is 42.5 Å². The van der Waals surface area contributed by atoms with E-state index in [0.717, 1.165) is 48.2 Å². The molecule has 4 N–H and O–H groups in total. The lowest BCUT2D eigenvalue weighted by Crippen LogP contribution is -2.43. The second kappa shape index (κ2) is 10.2. The lowest BCUT2D eigenvalue weighted by Gasteiger charge is -2.29. The molecule has 2 aromatic heterocycles. The van der Waals surface area contributed by atoms with Crippen molar-refractivity contribution < 1.29 is 9.53 Å². The highest BCUT2D eigenvalue weighted by molar-refractivity contribution is 6.32. The van der Waals surface area contributed by atoms with Gasteiger partial charge in [-0.2, -0.15) is 0 Å². The molecule has 35 heavy (non-hydrogen) atoms. The Bertz CT molecular complexity index is 1370. The summed E-state index contributed by atoms with van der Waals surface area (Å²) in [7, 11) is 0. The Hall–Kier alpha value is -3.88. The molecule has 178 valence electrons. The minimum Gasteiger partial charge on any atom is -0.437 e. The van der Waals surface area contributed by atoms with Crippen molar-refractivity contribution in [3.8, 4) is 11.6 Å². The summed E-state index contributed by atoms with van der Waals surface area (Å²) < 4.78 is 5.92. The first-order valence-corrected chi connectivity index (χ1v) is 11.7. The van der Waals surface area contributed by atoms with E-state index in [-0.39, 0.29) is 16.8 Å². The number of piperazine rings is 1. The van der Waals surface area contributed by atoms with Gasteiger partial charge in [0.15, 0.2) is 0 Å². The predicted octanol–water partition coefficient (Wildman–Crippen LogP) is 4.00. The van der Waals surface area contributed by atoms with Crippen LogP contribution < -0.4 is 26.0 Å². The number of benzene rings is 2. The highest BCUT2D eigenvalue weighted by atomic mass is 35.5. The minimum absolute atomic E-state index is 0.251. The average molecular weight is 489 g/mol. The number of aromatic nitrogens is 2. The van der Waals surface area contributed by atoms with Crippen molar-refractivity contribution in [3.05, 3.63) is 83.1 Å². The van der Waals surface area contributed by atoms with Gasteiger partial charge in [0.2, 0.25) is 5.88 Å². The first kappa shape index (κ1) is 22.9. The predicted molar refractivity (Wildman–Crippen MR) is 138 cm³/mol. The molecule has 1 amide bonds. The normalized spacial score (nSPS) is 13.6. The Balaban J connectivity index is 1.24. The summed E-state index contributed by atoms with van der Waals surface area (Å²) in [6, 6.07) is 17.1. The summed E-state index contributed by atoms with van der Waals surface area (Å²) in [5.41, 5.74) is 8.29. The van der Waals surface area contributed by atoms with Gasteiger partial charge in [-0.15, -0.1) is 0 Å². The quantitative estimate of drug-likeness (QED) is 0.376. The van der Waals surface area contributed by atoms with E-state index in [0.29, 0.717) is 23.7 Å². The van der Waals surface area contributed by atoms with Crippen LogP contribution in [0.25, 0.3) is 10.8 Å². The standard InChI is InChI=1S/C26H25ClN6O2/c27-23-13-19(25(34)31-15-17-4-5-22-18(12-17)6-7-30-24(22)28)16-32-26(23)35-21-3-1-2-20(14-21)33-10-8-29-9-11-33/h1-7,12-14,16,29H,8-11,15H2,(H2,28,30)(H,31,34). The van der Waals surface area contributed by atoms with E-state index < -0.39 is 0 Å². The number of anilines is 2. The molecule has 0 bridgehead atoms. The first-order chi connectivity index (χ1) is 17.1. The zero-order valence-corrected chi connectivity index (χ0v) is 19.8. The third kappa shape index (κ3) is 5.29. The molecule has 0 unspecified atom stereocenters. The van der Waals surface area contributed by atoms with Gasteiger partial charge in [-0.25, -0.2) is 9.97 Å². The van der Waals surface area contributed by atoms with Crippen LogP contribution in [0.3, 0.4) is 0 Å². The fourth-order valence-electron chi connectivity index (χ4n) is 4.05.